The van der Waals surface area contributed by atoms with Crippen molar-refractivity contribution in [1.82, 2.24) is 14.4 Å². The summed E-state index contributed by atoms with van der Waals surface area (Å²) in [7, 11) is 1.93. The normalized spacial score (nSPS) is 10.8. The van der Waals surface area contributed by atoms with Crippen LogP contribution in [0, 0.1) is 0 Å². The highest BCUT2D eigenvalue weighted by Crippen LogP contribution is 2.21. The van der Waals surface area contributed by atoms with E-state index in [4.69, 9.17) is 27.6 Å². The van der Waals surface area contributed by atoms with Crippen molar-refractivity contribution in [3.05, 3.63) is 82.0 Å². The van der Waals surface area contributed by atoms with Gasteiger partial charge in [0.1, 0.15) is 12.3 Å². The summed E-state index contributed by atoms with van der Waals surface area (Å²) in [5, 5.41) is 0.753. The van der Waals surface area contributed by atoms with Gasteiger partial charge in [0.2, 0.25) is 5.91 Å². The second-order valence-corrected chi connectivity index (χ2v) is 8.20. The summed E-state index contributed by atoms with van der Waals surface area (Å²) in [6.45, 7) is 3.06. The van der Waals surface area contributed by atoms with Crippen LogP contribution in [0.5, 0.6) is 0 Å². The summed E-state index contributed by atoms with van der Waals surface area (Å²) in [4.78, 5) is 29.6. The Balaban J connectivity index is 1.80. The fourth-order valence-electron chi connectivity index (χ4n) is 3.32. The number of amides is 2. The first kappa shape index (κ1) is 23.0. The Bertz CT molecular complexity index is 1010. The highest BCUT2D eigenvalue weighted by molar-refractivity contribution is 6.35. The van der Waals surface area contributed by atoms with Crippen molar-refractivity contribution in [2.24, 2.45) is 7.05 Å². The SMILES string of the molecule is CCCN(CC(=O)N(Cc1ccco1)Cc1cccn1C)C(=O)c1cc(Cl)cc(Cl)c1. The lowest BCUT2D eigenvalue weighted by atomic mass is 10.2. The molecule has 0 aliphatic carbocycles. The van der Waals surface area contributed by atoms with Gasteiger partial charge in [0, 0.05) is 41.1 Å². The van der Waals surface area contributed by atoms with Gasteiger partial charge in [-0.3, -0.25) is 9.59 Å². The van der Waals surface area contributed by atoms with E-state index in [-0.39, 0.29) is 18.4 Å². The monoisotopic (exact) mass is 461 g/mol. The summed E-state index contributed by atoms with van der Waals surface area (Å²) in [6.07, 6.45) is 4.22. The second-order valence-electron chi connectivity index (χ2n) is 7.32. The number of halogens is 2. The van der Waals surface area contributed by atoms with Crippen LogP contribution >= 0.6 is 23.2 Å². The van der Waals surface area contributed by atoms with Crippen molar-refractivity contribution >= 4 is 35.0 Å². The summed E-state index contributed by atoms with van der Waals surface area (Å²) in [5.74, 6) is 0.224. The number of nitrogens with zero attached hydrogens (tertiary/aromatic N) is 3. The molecule has 0 saturated heterocycles. The molecule has 3 rings (SSSR count). The average molecular weight is 462 g/mol. The summed E-state index contributed by atoms with van der Waals surface area (Å²) >= 11 is 12.1. The van der Waals surface area contributed by atoms with Gasteiger partial charge in [-0.05, 0) is 48.9 Å². The van der Waals surface area contributed by atoms with Crippen LogP contribution in [0.4, 0.5) is 0 Å². The number of aryl methyl sites for hydroxylation is 1. The number of hydrogen-bond acceptors (Lipinski definition) is 3. The Hall–Kier alpha value is -2.70. The lowest BCUT2D eigenvalue weighted by Gasteiger charge is -2.27. The van der Waals surface area contributed by atoms with E-state index in [0.29, 0.717) is 47.4 Å². The number of aromatic nitrogens is 1. The molecular formula is C23H25Cl2N3O3. The average Bonchev–Trinajstić information content (AvgIpc) is 3.37. The van der Waals surface area contributed by atoms with Crippen molar-refractivity contribution in [2.75, 3.05) is 13.1 Å². The first-order valence-corrected chi connectivity index (χ1v) is 10.8. The molecule has 0 saturated carbocycles. The number of carbonyl (C=O) groups is 2. The summed E-state index contributed by atoms with van der Waals surface area (Å²) < 4.78 is 7.41. The van der Waals surface area contributed by atoms with E-state index in [2.05, 4.69) is 0 Å². The minimum atomic E-state index is -0.281. The molecule has 2 amide bonds. The molecule has 0 spiro atoms. The van der Waals surface area contributed by atoms with E-state index in [1.807, 2.05) is 42.9 Å². The quantitative estimate of drug-likeness (QED) is 0.450. The van der Waals surface area contributed by atoms with E-state index >= 15 is 0 Å². The van der Waals surface area contributed by atoms with Crippen LogP contribution in [0.2, 0.25) is 10.0 Å². The number of furan rings is 1. The third-order valence-electron chi connectivity index (χ3n) is 4.90. The Kier molecular flexibility index (Phi) is 7.82. The maximum Gasteiger partial charge on any atom is 0.254 e. The van der Waals surface area contributed by atoms with Crippen LogP contribution in [-0.2, 0) is 24.9 Å². The zero-order valence-corrected chi connectivity index (χ0v) is 19.1. The molecule has 6 nitrogen and oxygen atoms in total. The maximum absolute atomic E-state index is 13.3. The van der Waals surface area contributed by atoms with Crippen LogP contribution in [0.3, 0.4) is 0 Å². The zero-order chi connectivity index (χ0) is 22.4. The van der Waals surface area contributed by atoms with Crippen molar-refractivity contribution in [3.63, 3.8) is 0 Å². The molecule has 2 aromatic heterocycles. The van der Waals surface area contributed by atoms with E-state index in [0.717, 1.165) is 5.69 Å². The van der Waals surface area contributed by atoms with Crippen molar-refractivity contribution in [3.8, 4) is 0 Å². The minimum Gasteiger partial charge on any atom is -0.467 e. The molecule has 8 heteroatoms. The van der Waals surface area contributed by atoms with Crippen LogP contribution < -0.4 is 0 Å². The van der Waals surface area contributed by atoms with Crippen molar-refractivity contribution < 1.29 is 14.0 Å². The van der Waals surface area contributed by atoms with Crippen LogP contribution in [0.25, 0.3) is 0 Å². The Morgan fingerprint density at radius 3 is 2.35 bits per heavy atom. The van der Waals surface area contributed by atoms with E-state index in [1.165, 1.54) is 4.90 Å². The first-order chi connectivity index (χ1) is 14.9. The predicted octanol–water partition coefficient (Wildman–Crippen LogP) is 5.01. The Morgan fingerprint density at radius 1 is 1.03 bits per heavy atom. The third-order valence-corrected chi connectivity index (χ3v) is 5.34. The van der Waals surface area contributed by atoms with Gasteiger partial charge in [0.25, 0.3) is 5.91 Å². The van der Waals surface area contributed by atoms with Gasteiger partial charge in [-0.25, -0.2) is 0 Å². The van der Waals surface area contributed by atoms with Gasteiger partial charge in [-0.2, -0.15) is 0 Å². The van der Waals surface area contributed by atoms with E-state index in [1.54, 1.807) is 35.4 Å². The molecule has 0 atom stereocenters. The number of rotatable bonds is 9. The standard InChI is InChI=1S/C23H25Cl2N3O3/c1-3-8-27(23(30)17-11-18(24)13-19(25)12-17)16-22(29)28(15-21-7-5-10-31-21)14-20-6-4-9-26(20)2/h4-7,9-13H,3,8,14-16H2,1-2H3. The van der Waals surface area contributed by atoms with Gasteiger partial charge >= 0.3 is 0 Å². The molecule has 164 valence electrons. The number of hydrogen-bond donors (Lipinski definition) is 0. The summed E-state index contributed by atoms with van der Waals surface area (Å²) in [6, 6.07) is 12.2. The van der Waals surface area contributed by atoms with Gasteiger partial charge in [-0.1, -0.05) is 30.1 Å². The number of benzene rings is 1. The highest BCUT2D eigenvalue weighted by Gasteiger charge is 2.24. The Labute approximate surface area is 191 Å². The smallest absolute Gasteiger partial charge is 0.254 e. The maximum atomic E-state index is 13.3. The fraction of sp³-hybridized carbons (Fsp3) is 0.304. The molecular weight excluding hydrogens is 437 g/mol. The molecule has 3 aromatic rings. The van der Waals surface area contributed by atoms with E-state index in [9.17, 15) is 9.59 Å². The van der Waals surface area contributed by atoms with Crippen molar-refractivity contribution in [2.45, 2.75) is 26.4 Å². The highest BCUT2D eigenvalue weighted by atomic mass is 35.5. The third kappa shape index (κ3) is 6.15. The molecule has 0 radical (unpaired) electrons. The lowest BCUT2D eigenvalue weighted by Crippen LogP contribution is -2.43. The van der Waals surface area contributed by atoms with Gasteiger partial charge in [0.15, 0.2) is 0 Å². The first-order valence-electron chi connectivity index (χ1n) is 10.0. The molecule has 0 aliphatic rings. The van der Waals surface area contributed by atoms with Gasteiger partial charge in [-0.15, -0.1) is 0 Å². The lowest BCUT2D eigenvalue weighted by molar-refractivity contribution is -0.133. The molecule has 0 aliphatic heterocycles. The summed E-state index contributed by atoms with van der Waals surface area (Å²) in [5.41, 5.74) is 1.34. The molecule has 1 aromatic carbocycles. The second kappa shape index (κ2) is 10.6. The van der Waals surface area contributed by atoms with Gasteiger partial charge in [0.05, 0.1) is 19.4 Å². The molecule has 31 heavy (non-hydrogen) atoms. The largest absolute Gasteiger partial charge is 0.467 e. The Morgan fingerprint density at radius 2 is 1.77 bits per heavy atom. The van der Waals surface area contributed by atoms with Crippen LogP contribution in [0.15, 0.2) is 59.3 Å². The van der Waals surface area contributed by atoms with Gasteiger partial charge < -0.3 is 18.8 Å². The minimum absolute atomic E-state index is 0.0536. The topological polar surface area (TPSA) is 58.7 Å². The zero-order valence-electron chi connectivity index (χ0n) is 17.6. The number of carbonyl (C=O) groups excluding carboxylic acids is 2. The molecule has 0 N–H and O–H groups in total. The van der Waals surface area contributed by atoms with E-state index < -0.39 is 0 Å². The van der Waals surface area contributed by atoms with Crippen LogP contribution in [0.1, 0.15) is 35.2 Å². The fourth-order valence-corrected chi connectivity index (χ4v) is 3.85. The van der Waals surface area contributed by atoms with Crippen LogP contribution in [-0.4, -0.2) is 39.3 Å². The molecule has 2 heterocycles. The predicted molar refractivity (Wildman–Crippen MR) is 121 cm³/mol. The molecule has 0 fully saturated rings. The molecule has 0 bridgehead atoms. The van der Waals surface area contributed by atoms with Crippen molar-refractivity contribution in [1.29, 1.82) is 0 Å². The molecule has 0 unspecified atom stereocenters.